The second kappa shape index (κ2) is 5.72. The highest BCUT2D eigenvalue weighted by Gasteiger charge is 2.19. The summed E-state index contributed by atoms with van der Waals surface area (Å²) < 4.78 is 0. The molecule has 16 heavy (non-hydrogen) atoms. The van der Waals surface area contributed by atoms with Gasteiger partial charge in [0.15, 0.2) is 0 Å². The minimum Gasteiger partial charge on any atom is -0.118 e. The van der Waals surface area contributed by atoms with Gasteiger partial charge in [-0.3, -0.25) is 0 Å². The lowest BCUT2D eigenvalue weighted by Crippen LogP contribution is -2.10. The van der Waals surface area contributed by atoms with E-state index in [2.05, 4.69) is 52.0 Å². The van der Waals surface area contributed by atoms with E-state index in [9.17, 15) is 0 Å². The van der Waals surface area contributed by atoms with Crippen LogP contribution in [0.5, 0.6) is 0 Å². The molecule has 0 radical (unpaired) electrons. The first kappa shape index (κ1) is 13.6. The first-order valence-corrected chi connectivity index (χ1v) is 6.53. The summed E-state index contributed by atoms with van der Waals surface area (Å²) in [4.78, 5) is 0. The standard InChI is InChI=1S/C15H23Cl/c1-12(10-11-15(2,3)4)14(16)13-8-6-5-7-9-13/h5-9,12,14H,10-11H2,1-4H3. The smallest absolute Gasteiger partial charge is 0.0610 e. The third-order valence-electron chi connectivity index (χ3n) is 2.97. The highest BCUT2D eigenvalue weighted by atomic mass is 35.5. The first-order chi connectivity index (χ1) is 7.40. The van der Waals surface area contributed by atoms with Crippen LogP contribution in [-0.4, -0.2) is 0 Å². The predicted octanol–water partition coefficient (Wildman–Crippen LogP) is 5.43. The van der Waals surface area contributed by atoms with Gasteiger partial charge in [-0.25, -0.2) is 0 Å². The van der Waals surface area contributed by atoms with Crippen molar-refractivity contribution in [3.8, 4) is 0 Å². The fourth-order valence-corrected chi connectivity index (χ4v) is 2.04. The highest BCUT2D eigenvalue weighted by Crippen LogP contribution is 2.34. The van der Waals surface area contributed by atoms with Crippen LogP contribution in [0.25, 0.3) is 0 Å². The van der Waals surface area contributed by atoms with E-state index < -0.39 is 0 Å². The Morgan fingerprint density at radius 2 is 1.69 bits per heavy atom. The molecule has 0 saturated heterocycles. The third-order valence-corrected chi connectivity index (χ3v) is 3.65. The predicted molar refractivity (Wildman–Crippen MR) is 72.9 cm³/mol. The molecule has 2 atom stereocenters. The van der Waals surface area contributed by atoms with Gasteiger partial charge in [0.05, 0.1) is 5.38 Å². The molecule has 0 bridgehead atoms. The monoisotopic (exact) mass is 238 g/mol. The van der Waals surface area contributed by atoms with Gasteiger partial charge in [0.2, 0.25) is 0 Å². The van der Waals surface area contributed by atoms with Crippen molar-refractivity contribution in [1.29, 1.82) is 0 Å². The molecule has 0 aliphatic carbocycles. The van der Waals surface area contributed by atoms with Crippen LogP contribution in [0.4, 0.5) is 0 Å². The molecule has 2 unspecified atom stereocenters. The van der Waals surface area contributed by atoms with Crippen LogP contribution in [-0.2, 0) is 0 Å². The Labute approximate surface area is 105 Å². The molecule has 0 aliphatic rings. The lowest BCUT2D eigenvalue weighted by atomic mass is 9.85. The Hall–Kier alpha value is -0.490. The van der Waals surface area contributed by atoms with E-state index in [0.29, 0.717) is 11.3 Å². The summed E-state index contributed by atoms with van der Waals surface area (Å²) >= 11 is 6.49. The number of rotatable bonds is 4. The third kappa shape index (κ3) is 4.57. The maximum Gasteiger partial charge on any atom is 0.0610 e. The summed E-state index contributed by atoms with van der Waals surface area (Å²) in [5.41, 5.74) is 1.65. The molecule has 0 amide bonds. The van der Waals surface area contributed by atoms with Gasteiger partial charge in [-0.2, -0.15) is 0 Å². The Kier molecular flexibility index (Phi) is 4.86. The maximum absolute atomic E-state index is 6.49. The molecule has 90 valence electrons. The number of hydrogen-bond donors (Lipinski definition) is 0. The maximum atomic E-state index is 6.49. The zero-order chi connectivity index (χ0) is 12.2. The fraction of sp³-hybridized carbons (Fsp3) is 0.600. The molecule has 0 heterocycles. The van der Waals surface area contributed by atoms with Crippen LogP contribution in [0.15, 0.2) is 30.3 Å². The summed E-state index contributed by atoms with van der Waals surface area (Å²) in [6, 6.07) is 10.4. The normalized spacial score (nSPS) is 15.8. The van der Waals surface area contributed by atoms with E-state index >= 15 is 0 Å². The molecule has 1 heteroatoms. The van der Waals surface area contributed by atoms with Gasteiger partial charge in [0.25, 0.3) is 0 Å². The minimum atomic E-state index is 0.142. The summed E-state index contributed by atoms with van der Waals surface area (Å²) in [5, 5.41) is 0.142. The Bertz CT molecular complexity index is 297. The quantitative estimate of drug-likeness (QED) is 0.614. The molecule has 0 saturated carbocycles. The molecular formula is C15H23Cl. The summed E-state index contributed by atoms with van der Waals surface area (Å²) in [6.45, 7) is 9.10. The molecule has 0 spiro atoms. The molecule has 0 N–H and O–H groups in total. The van der Waals surface area contributed by atoms with Gasteiger partial charge < -0.3 is 0 Å². The van der Waals surface area contributed by atoms with E-state index in [0.717, 1.165) is 0 Å². The lowest BCUT2D eigenvalue weighted by Gasteiger charge is -2.23. The zero-order valence-corrected chi connectivity index (χ0v) is 11.6. The van der Waals surface area contributed by atoms with Crippen LogP contribution >= 0.6 is 11.6 Å². The number of alkyl halides is 1. The molecule has 1 rings (SSSR count). The first-order valence-electron chi connectivity index (χ1n) is 6.09. The Morgan fingerprint density at radius 1 is 1.12 bits per heavy atom. The second-order valence-corrected chi connectivity index (χ2v) is 6.36. The van der Waals surface area contributed by atoms with Crippen molar-refractivity contribution in [2.75, 3.05) is 0 Å². The van der Waals surface area contributed by atoms with E-state index in [-0.39, 0.29) is 5.38 Å². The van der Waals surface area contributed by atoms with Gasteiger partial charge in [-0.1, -0.05) is 58.0 Å². The van der Waals surface area contributed by atoms with Gasteiger partial charge in [-0.15, -0.1) is 11.6 Å². The van der Waals surface area contributed by atoms with Crippen molar-refractivity contribution >= 4 is 11.6 Å². The summed E-state index contributed by atoms with van der Waals surface area (Å²) in [6.07, 6.45) is 2.41. The van der Waals surface area contributed by atoms with Crippen molar-refractivity contribution in [2.24, 2.45) is 11.3 Å². The molecule has 0 nitrogen and oxygen atoms in total. The SMILES string of the molecule is CC(CCC(C)(C)C)C(Cl)c1ccccc1. The van der Waals surface area contributed by atoms with E-state index in [1.165, 1.54) is 18.4 Å². The number of benzene rings is 1. The summed E-state index contributed by atoms with van der Waals surface area (Å²) in [5.74, 6) is 0.531. The van der Waals surface area contributed by atoms with E-state index in [1.807, 2.05) is 6.07 Å². The topological polar surface area (TPSA) is 0 Å². The van der Waals surface area contributed by atoms with Gasteiger partial charge >= 0.3 is 0 Å². The van der Waals surface area contributed by atoms with Crippen LogP contribution in [0, 0.1) is 11.3 Å². The average Bonchev–Trinajstić information content (AvgIpc) is 2.25. The van der Waals surface area contributed by atoms with Crippen LogP contribution < -0.4 is 0 Å². The molecule has 0 aliphatic heterocycles. The largest absolute Gasteiger partial charge is 0.118 e. The summed E-state index contributed by atoms with van der Waals surface area (Å²) in [7, 11) is 0. The fourth-order valence-electron chi connectivity index (χ4n) is 1.77. The van der Waals surface area contributed by atoms with Crippen molar-refractivity contribution in [3.63, 3.8) is 0 Å². The average molecular weight is 239 g/mol. The van der Waals surface area contributed by atoms with Crippen molar-refractivity contribution in [1.82, 2.24) is 0 Å². The minimum absolute atomic E-state index is 0.142. The molecular weight excluding hydrogens is 216 g/mol. The highest BCUT2D eigenvalue weighted by molar-refractivity contribution is 6.20. The van der Waals surface area contributed by atoms with Gasteiger partial charge in [0, 0.05) is 0 Å². The Balaban J connectivity index is 2.52. The lowest BCUT2D eigenvalue weighted by molar-refractivity contribution is 0.326. The van der Waals surface area contributed by atoms with E-state index in [4.69, 9.17) is 11.6 Å². The van der Waals surface area contributed by atoms with Gasteiger partial charge in [-0.05, 0) is 29.7 Å². The van der Waals surface area contributed by atoms with Crippen LogP contribution in [0.1, 0.15) is 51.5 Å². The van der Waals surface area contributed by atoms with Crippen LogP contribution in [0.2, 0.25) is 0 Å². The second-order valence-electron chi connectivity index (χ2n) is 5.89. The van der Waals surface area contributed by atoms with Crippen molar-refractivity contribution in [2.45, 2.75) is 45.9 Å². The zero-order valence-electron chi connectivity index (χ0n) is 10.8. The molecule has 0 aromatic heterocycles. The Morgan fingerprint density at radius 3 is 2.19 bits per heavy atom. The van der Waals surface area contributed by atoms with Gasteiger partial charge in [0.1, 0.15) is 0 Å². The van der Waals surface area contributed by atoms with Crippen molar-refractivity contribution in [3.05, 3.63) is 35.9 Å². The van der Waals surface area contributed by atoms with Crippen molar-refractivity contribution < 1.29 is 0 Å². The molecule has 1 aromatic carbocycles. The number of hydrogen-bond acceptors (Lipinski definition) is 0. The molecule has 0 fully saturated rings. The molecule has 1 aromatic rings. The van der Waals surface area contributed by atoms with Crippen LogP contribution in [0.3, 0.4) is 0 Å². The van der Waals surface area contributed by atoms with E-state index in [1.54, 1.807) is 0 Å². The number of halogens is 1.